The molecule has 1 aromatic carbocycles. The van der Waals surface area contributed by atoms with Gasteiger partial charge in [0.2, 0.25) is 6.29 Å². The Hall–Kier alpha value is -2.34. The van der Waals surface area contributed by atoms with Crippen molar-refractivity contribution < 1.29 is 28.5 Å². The fraction of sp³-hybridized carbons (Fsp3) is 0.412. The number of rotatable bonds is 5. The Morgan fingerprint density at radius 3 is 2.39 bits per heavy atom. The molecule has 0 radical (unpaired) electrons. The van der Waals surface area contributed by atoms with Gasteiger partial charge in [0.15, 0.2) is 0 Å². The number of esters is 2. The van der Waals surface area contributed by atoms with E-state index in [9.17, 15) is 9.59 Å². The second kappa shape index (κ2) is 7.78. The standard InChI is InChI=1S/C17H20O6/c1-11-4-6-14(7-5-11)22-17-9-8-15(21-13(3)19)16(23-17)10-20-12(2)18/h4-9,15-17H,10H2,1-3H3/t15-,16+,17?/m0/s1. The zero-order valence-corrected chi connectivity index (χ0v) is 13.4. The fourth-order valence-electron chi connectivity index (χ4n) is 2.08. The third kappa shape index (κ3) is 5.41. The van der Waals surface area contributed by atoms with E-state index in [4.69, 9.17) is 18.9 Å². The minimum Gasteiger partial charge on any atom is -0.463 e. The average molecular weight is 320 g/mol. The topological polar surface area (TPSA) is 71.1 Å². The van der Waals surface area contributed by atoms with Gasteiger partial charge in [-0.3, -0.25) is 9.59 Å². The van der Waals surface area contributed by atoms with E-state index in [0.717, 1.165) is 5.56 Å². The van der Waals surface area contributed by atoms with Gasteiger partial charge < -0.3 is 18.9 Å². The van der Waals surface area contributed by atoms with Gasteiger partial charge in [0.25, 0.3) is 0 Å². The van der Waals surface area contributed by atoms with Crippen molar-refractivity contribution in [3.63, 3.8) is 0 Å². The summed E-state index contributed by atoms with van der Waals surface area (Å²) in [5.74, 6) is -0.211. The Labute approximate surface area is 135 Å². The molecule has 0 aliphatic carbocycles. The highest BCUT2D eigenvalue weighted by molar-refractivity contribution is 5.66. The number of carbonyl (C=O) groups excluding carboxylic acids is 2. The first kappa shape index (κ1) is 17.0. The van der Waals surface area contributed by atoms with E-state index >= 15 is 0 Å². The summed E-state index contributed by atoms with van der Waals surface area (Å²) in [4.78, 5) is 22.1. The molecule has 124 valence electrons. The van der Waals surface area contributed by atoms with E-state index < -0.39 is 30.4 Å². The quantitative estimate of drug-likeness (QED) is 0.611. The maximum Gasteiger partial charge on any atom is 0.303 e. The third-order valence-corrected chi connectivity index (χ3v) is 3.16. The summed E-state index contributed by atoms with van der Waals surface area (Å²) < 4.78 is 21.5. The molecule has 0 aromatic heterocycles. The third-order valence-electron chi connectivity index (χ3n) is 3.16. The molecule has 3 atom stereocenters. The van der Waals surface area contributed by atoms with Gasteiger partial charge in [-0.25, -0.2) is 0 Å². The maximum absolute atomic E-state index is 11.1. The summed E-state index contributed by atoms with van der Waals surface area (Å²) in [6, 6.07) is 7.54. The largest absolute Gasteiger partial charge is 0.463 e. The summed E-state index contributed by atoms with van der Waals surface area (Å²) in [6.45, 7) is 4.58. The van der Waals surface area contributed by atoms with Crippen LogP contribution in [0.15, 0.2) is 36.4 Å². The molecule has 2 rings (SSSR count). The summed E-state index contributed by atoms with van der Waals surface area (Å²) in [6.07, 6.45) is 1.45. The number of carbonyl (C=O) groups is 2. The molecule has 0 amide bonds. The van der Waals surface area contributed by atoms with Crippen molar-refractivity contribution in [2.45, 2.75) is 39.3 Å². The van der Waals surface area contributed by atoms with Crippen LogP contribution in [0.1, 0.15) is 19.4 Å². The molecular formula is C17H20O6. The van der Waals surface area contributed by atoms with Crippen molar-refractivity contribution in [2.24, 2.45) is 0 Å². The summed E-state index contributed by atoms with van der Waals surface area (Å²) >= 11 is 0. The van der Waals surface area contributed by atoms with Crippen molar-refractivity contribution >= 4 is 11.9 Å². The average Bonchev–Trinajstić information content (AvgIpc) is 2.49. The first-order chi connectivity index (χ1) is 10.9. The Bertz CT molecular complexity index is 577. The number of hydrogen-bond acceptors (Lipinski definition) is 6. The van der Waals surface area contributed by atoms with Gasteiger partial charge in [-0.15, -0.1) is 0 Å². The molecular weight excluding hydrogens is 300 g/mol. The molecule has 1 aliphatic heterocycles. The molecule has 0 N–H and O–H groups in total. The van der Waals surface area contributed by atoms with Crippen LogP contribution in [0.4, 0.5) is 0 Å². The van der Waals surface area contributed by atoms with Gasteiger partial charge >= 0.3 is 11.9 Å². The van der Waals surface area contributed by atoms with E-state index in [-0.39, 0.29) is 6.61 Å². The first-order valence-corrected chi connectivity index (χ1v) is 7.32. The molecule has 1 aromatic rings. The smallest absolute Gasteiger partial charge is 0.303 e. The minimum atomic E-state index is -0.648. The van der Waals surface area contributed by atoms with Gasteiger partial charge in [0.05, 0.1) is 0 Å². The number of aryl methyl sites for hydroxylation is 1. The van der Waals surface area contributed by atoms with Crippen LogP contribution in [0.2, 0.25) is 0 Å². The highest BCUT2D eigenvalue weighted by Gasteiger charge is 2.31. The number of hydrogen-bond donors (Lipinski definition) is 0. The first-order valence-electron chi connectivity index (χ1n) is 7.32. The number of benzene rings is 1. The normalized spacial score (nSPS) is 23.2. The van der Waals surface area contributed by atoms with Crippen LogP contribution in [0.3, 0.4) is 0 Å². The van der Waals surface area contributed by atoms with Gasteiger partial charge in [-0.2, -0.15) is 0 Å². The molecule has 1 aliphatic rings. The predicted octanol–water partition coefficient (Wildman–Crippen LogP) is 2.15. The zero-order valence-electron chi connectivity index (χ0n) is 13.4. The van der Waals surface area contributed by atoms with Crippen LogP contribution in [-0.2, 0) is 23.8 Å². The highest BCUT2D eigenvalue weighted by atomic mass is 16.7. The lowest BCUT2D eigenvalue weighted by Crippen LogP contribution is -2.42. The van der Waals surface area contributed by atoms with E-state index in [2.05, 4.69) is 0 Å². The Morgan fingerprint density at radius 2 is 1.78 bits per heavy atom. The van der Waals surface area contributed by atoms with Gasteiger partial charge in [0, 0.05) is 13.8 Å². The van der Waals surface area contributed by atoms with Crippen molar-refractivity contribution in [3.05, 3.63) is 42.0 Å². The molecule has 23 heavy (non-hydrogen) atoms. The highest BCUT2D eigenvalue weighted by Crippen LogP contribution is 2.21. The van der Waals surface area contributed by atoms with Crippen LogP contribution in [0.25, 0.3) is 0 Å². The van der Waals surface area contributed by atoms with Crippen molar-refractivity contribution in [3.8, 4) is 5.75 Å². The summed E-state index contributed by atoms with van der Waals surface area (Å²) in [5, 5.41) is 0. The zero-order chi connectivity index (χ0) is 16.8. The molecule has 6 heteroatoms. The Kier molecular flexibility index (Phi) is 5.76. The molecule has 0 fully saturated rings. The van der Waals surface area contributed by atoms with Crippen LogP contribution in [0.5, 0.6) is 5.75 Å². The summed E-state index contributed by atoms with van der Waals surface area (Å²) in [5.41, 5.74) is 1.13. The van der Waals surface area contributed by atoms with Gasteiger partial charge in [-0.1, -0.05) is 17.7 Å². The Morgan fingerprint density at radius 1 is 1.09 bits per heavy atom. The van der Waals surface area contributed by atoms with E-state index in [1.165, 1.54) is 13.8 Å². The van der Waals surface area contributed by atoms with Crippen LogP contribution < -0.4 is 4.74 Å². The molecule has 0 saturated carbocycles. The maximum atomic E-state index is 11.1. The van der Waals surface area contributed by atoms with E-state index in [0.29, 0.717) is 5.75 Å². The number of ether oxygens (including phenoxy) is 4. The molecule has 0 spiro atoms. The van der Waals surface area contributed by atoms with Crippen LogP contribution >= 0.6 is 0 Å². The molecule has 0 bridgehead atoms. The predicted molar refractivity (Wildman–Crippen MR) is 81.8 cm³/mol. The van der Waals surface area contributed by atoms with E-state index in [1.54, 1.807) is 12.2 Å². The van der Waals surface area contributed by atoms with Crippen molar-refractivity contribution in [1.29, 1.82) is 0 Å². The van der Waals surface area contributed by atoms with Crippen molar-refractivity contribution in [1.82, 2.24) is 0 Å². The SMILES string of the molecule is CC(=O)OC[C@H]1OC(Oc2ccc(C)cc2)C=C[C@@H]1OC(C)=O. The van der Waals surface area contributed by atoms with E-state index in [1.807, 2.05) is 31.2 Å². The second-order valence-corrected chi connectivity index (χ2v) is 5.24. The second-order valence-electron chi connectivity index (χ2n) is 5.24. The van der Waals surface area contributed by atoms with Crippen LogP contribution in [-0.4, -0.2) is 37.0 Å². The lowest BCUT2D eigenvalue weighted by molar-refractivity contribution is -0.178. The minimum absolute atomic E-state index is 0.0224. The van der Waals surface area contributed by atoms with Crippen LogP contribution in [0, 0.1) is 6.92 Å². The summed E-state index contributed by atoms with van der Waals surface area (Å²) in [7, 11) is 0. The van der Waals surface area contributed by atoms with Crippen molar-refractivity contribution in [2.75, 3.05) is 6.61 Å². The lowest BCUT2D eigenvalue weighted by atomic mass is 10.1. The Balaban J connectivity index is 2.03. The molecule has 6 nitrogen and oxygen atoms in total. The van der Waals surface area contributed by atoms with Gasteiger partial charge in [-0.05, 0) is 31.2 Å². The van der Waals surface area contributed by atoms with Gasteiger partial charge in [0.1, 0.15) is 24.6 Å². The lowest BCUT2D eigenvalue weighted by Gasteiger charge is -2.31. The molecule has 1 heterocycles. The molecule has 0 saturated heterocycles. The monoisotopic (exact) mass is 320 g/mol. The molecule has 1 unspecified atom stereocenters. The fourth-order valence-corrected chi connectivity index (χ4v) is 2.08.